The van der Waals surface area contributed by atoms with Gasteiger partial charge in [-0.3, -0.25) is 0 Å². The summed E-state index contributed by atoms with van der Waals surface area (Å²) >= 11 is 0. The second-order valence-corrected chi connectivity index (χ2v) is 8.26. The molecule has 0 spiro atoms. The van der Waals surface area contributed by atoms with Crippen LogP contribution in [0.25, 0.3) is 0 Å². The fraction of sp³-hybridized carbons (Fsp3) is 0.333. The van der Waals surface area contributed by atoms with Crippen molar-refractivity contribution >= 4 is 20.0 Å². The van der Waals surface area contributed by atoms with Crippen LogP contribution in [0.1, 0.15) is 6.92 Å². The molecule has 0 aliphatic rings. The summed E-state index contributed by atoms with van der Waals surface area (Å²) in [6, 6.07) is 0. The van der Waals surface area contributed by atoms with Gasteiger partial charge in [0.25, 0.3) is 20.0 Å². The Hall–Kier alpha value is -1.55. The Morgan fingerprint density at radius 1 is 0.720 bits per heavy atom. The molecule has 0 amide bonds. The Morgan fingerprint density at radius 2 is 1.04 bits per heavy atom. The van der Waals surface area contributed by atoms with Crippen LogP contribution < -0.4 is 4.13 Å². The molecule has 0 aromatic heterocycles. The Labute approximate surface area is 133 Å². The van der Waals surface area contributed by atoms with Crippen molar-refractivity contribution < 1.29 is 56.3 Å². The average Bonchev–Trinajstić information content (AvgIpc) is 2.40. The third kappa shape index (κ3) is 3.41. The van der Waals surface area contributed by atoms with E-state index in [2.05, 4.69) is 0 Å². The highest BCUT2D eigenvalue weighted by Gasteiger charge is 2.63. The average molecular weight is 425 g/mol. The number of benzene rings is 1. The summed E-state index contributed by atoms with van der Waals surface area (Å²) in [4.78, 5) is -2.80. The molecular formula is C9H4F9NO4S2. The van der Waals surface area contributed by atoms with E-state index in [1.54, 1.807) is 0 Å². The minimum atomic E-state index is -6.59. The van der Waals surface area contributed by atoms with E-state index in [0.29, 0.717) is 0 Å². The number of sulfonamides is 2. The van der Waals surface area contributed by atoms with Crippen molar-refractivity contribution in [2.75, 3.05) is 0 Å². The van der Waals surface area contributed by atoms with Crippen LogP contribution in [0.3, 0.4) is 0 Å². The molecule has 1 aromatic carbocycles. The first kappa shape index (κ1) is 21.5. The molecule has 1 rings (SSSR count). The first-order valence-electron chi connectivity index (χ1n) is 5.43. The van der Waals surface area contributed by atoms with Gasteiger partial charge in [-0.25, -0.2) is 43.2 Å². The fourth-order valence-corrected chi connectivity index (χ4v) is 4.31. The summed E-state index contributed by atoms with van der Waals surface area (Å²) in [6.45, 7) is -0.649. The highest BCUT2D eigenvalue weighted by atomic mass is 32.3. The molecule has 0 saturated heterocycles. The van der Waals surface area contributed by atoms with Gasteiger partial charge in [0.05, 0.1) is 0 Å². The molecule has 0 aliphatic carbocycles. The second kappa shape index (κ2) is 6.01. The maximum Gasteiger partial charge on any atom is 0.438 e. The largest absolute Gasteiger partial charge is 0.438 e. The van der Waals surface area contributed by atoms with Crippen LogP contribution in [0.4, 0.5) is 39.5 Å². The highest BCUT2D eigenvalue weighted by molar-refractivity contribution is 8.05. The number of hydrogen-bond acceptors (Lipinski definition) is 4. The lowest BCUT2D eigenvalue weighted by molar-refractivity contribution is -0.191. The Bertz CT molecular complexity index is 892. The molecule has 0 saturated carbocycles. The van der Waals surface area contributed by atoms with Crippen molar-refractivity contribution in [1.82, 2.24) is 4.13 Å². The predicted octanol–water partition coefficient (Wildman–Crippen LogP) is 2.24. The lowest BCUT2D eigenvalue weighted by atomic mass is 10.3. The SMILES string of the molecule is CC(F)(C(F)(F)F)S(=O)(=O)NS(=O)(=O)c1c(F)c(F)c(F)c(F)c1F. The molecule has 0 radical (unpaired) electrons. The van der Waals surface area contributed by atoms with E-state index in [9.17, 15) is 56.3 Å². The molecular weight excluding hydrogens is 421 g/mol. The Balaban J connectivity index is 3.63. The fourth-order valence-electron chi connectivity index (χ4n) is 1.24. The van der Waals surface area contributed by atoms with Crippen LogP contribution in [0.5, 0.6) is 0 Å². The normalized spacial score (nSPS) is 15.9. The molecule has 0 aliphatic heterocycles. The van der Waals surface area contributed by atoms with Gasteiger partial charge in [0, 0.05) is 0 Å². The maximum atomic E-state index is 13.4. The van der Waals surface area contributed by atoms with E-state index in [1.165, 1.54) is 0 Å². The summed E-state index contributed by atoms with van der Waals surface area (Å²) in [6.07, 6.45) is -6.20. The van der Waals surface area contributed by atoms with Gasteiger partial charge in [-0.05, 0) is 6.92 Å². The molecule has 25 heavy (non-hydrogen) atoms. The number of rotatable bonds is 4. The lowest BCUT2D eigenvalue weighted by Crippen LogP contribution is -2.52. The standard InChI is InChI=1S/C9H4F9NO4S2/c1-8(15,9(16,17)18)25(22,23)19-24(20,21)7-5(13)3(11)2(10)4(12)6(7)14/h19H,1H3. The van der Waals surface area contributed by atoms with E-state index >= 15 is 0 Å². The van der Waals surface area contributed by atoms with Crippen LogP contribution in [-0.2, 0) is 20.0 Å². The smallest absolute Gasteiger partial charge is 0.215 e. The molecule has 0 heterocycles. The summed E-state index contributed by atoms with van der Waals surface area (Å²) in [5.74, 6) is -14.6. The zero-order valence-electron chi connectivity index (χ0n) is 11.4. The summed E-state index contributed by atoms with van der Waals surface area (Å²) in [5, 5.41) is -5.28. The predicted molar refractivity (Wildman–Crippen MR) is 61.0 cm³/mol. The van der Waals surface area contributed by atoms with E-state index in [-0.39, 0.29) is 4.13 Å². The minimum Gasteiger partial charge on any atom is -0.215 e. The molecule has 0 fully saturated rings. The van der Waals surface area contributed by atoms with Crippen LogP contribution in [0.15, 0.2) is 4.90 Å². The van der Waals surface area contributed by atoms with Crippen LogP contribution in [0.2, 0.25) is 0 Å². The highest BCUT2D eigenvalue weighted by Crippen LogP contribution is 2.38. The quantitative estimate of drug-likeness (QED) is 0.456. The van der Waals surface area contributed by atoms with Gasteiger partial charge in [0.2, 0.25) is 5.82 Å². The van der Waals surface area contributed by atoms with Crippen LogP contribution in [-0.4, -0.2) is 28.0 Å². The van der Waals surface area contributed by atoms with Crippen molar-refractivity contribution in [2.45, 2.75) is 23.0 Å². The van der Waals surface area contributed by atoms with Gasteiger partial charge in [-0.2, -0.15) is 13.2 Å². The molecule has 1 unspecified atom stereocenters. The second-order valence-electron chi connectivity index (χ2n) is 4.40. The molecule has 1 N–H and O–H groups in total. The van der Waals surface area contributed by atoms with Crippen molar-refractivity contribution in [3.63, 3.8) is 0 Å². The Morgan fingerprint density at radius 3 is 1.36 bits per heavy atom. The monoisotopic (exact) mass is 425 g/mol. The number of hydrogen-bond donors (Lipinski definition) is 1. The molecule has 1 aromatic rings. The van der Waals surface area contributed by atoms with Crippen molar-refractivity contribution in [2.24, 2.45) is 0 Å². The molecule has 144 valence electrons. The van der Waals surface area contributed by atoms with Gasteiger partial charge in [0.1, 0.15) is 0 Å². The van der Waals surface area contributed by atoms with Gasteiger partial charge >= 0.3 is 11.2 Å². The first-order valence-corrected chi connectivity index (χ1v) is 8.40. The lowest BCUT2D eigenvalue weighted by Gasteiger charge is -2.23. The number of alkyl halides is 4. The first-order chi connectivity index (χ1) is 10.9. The van der Waals surface area contributed by atoms with Gasteiger partial charge in [0.15, 0.2) is 28.2 Å². The van der Waals surface area contributed by atoms with Crippen LogP contribution in [0, 0.1) is 29.1 Å². The van der Waals surface area contributed by atoms with E-state index in [0.717, 1.165) is 0 Å². The summed E-state index contributed by atoms with van der Waals surface area (Å²) in [7, 11) is -13.0. The van der Waals surface area contributed by atoms with Gasteiger partial charge in [-0.15, -0.1) is 4.13 Å². The summed E-state index contributed by atoms with van der Waals surface area (Å²) < 4.78 is 161. The number of nitrogens with one attached hydrogen (secondary N) is 1. The Kier molecular flexibility index (Phi) is 5.17. The summed E-state index contributed by atoms with van der Waals surface area (Å²) in [5.41, 5.74) is 0. The van der Waals surface area contributed by atoms with E-state index in [4.69, 9.17) is 0 Å². The van der Waals surface area contributed by atoms with Gasteiger partial charge in [-0.1, -0.05) is 0 Å². The van der Waals surface area contributed by atoms with Crippen LogP contribution >= 0.6 is 0 Å². The van der Waals surface area contributed by atoms with Crippen molar-refractivity contribution in [3.05, 3.63) is 29.1 Å². The maximum absolute atomic E-state index is 13.4. The molecule has 0 bridgehead atoms. The van der Waals surface area contributed by atoms with Crippen molar-refractivity contribution in [3.8, 4) is 0 Å². The third-order valence-electron chi connectivity index (χ3n) is 2.67. The van der Waals surface area contributed by atoms with E-state index < -0.39 is 72.1 Å². The third-order valence-corrected chi connectivity index (χ3v) is 6.56. The zero-order valence-corrected chi connectivity index (χ0v) is 13.0. The topological polar surface area (TPSA) is 80.3 Å². The van der Waals surface area contributed by atoms with Gasteiger partial charge < -0.3 is 0 Å². The molecule has 5 nitrogen and oxygen atoms in total. The van der Waals surface area contributed by atoms with Crippen molar-refractivity contribution in [1.29, 1.82) is 0 Å². The van der Waals surface area contributed by atoms with E-state index in [1.807, 2.05) is 0 Å². The molecule has 1 atom stereocenters. The molecule has 16 heteroatoms. The zero-order chi connectivity index (χ0) is 20.2. The number of halogens is 9. The minimum absolute atomic E-state index is 0.0350.